The van der Waals surface area contributed by atoms with Crippen molar-refractivity contribution in [3.05, 3.63) is 58.1 Å². The number of hydrogen-bond donors (Lipinski definition) is 0. The van der Waals surface area contributed by atoms with Crippen LogP contribution in [0.15, 0.2) is 30.3 Å². The molecule has 132 valence electrons. The molecule has 0 bridgehead atoms. The number of aromatic nitrogens is 1. The molecule has 1 aromatic carbocycles. The van der Waals surface area contributed by atoms with E-state index in [1.54, 1.807) is 38.1 Å². The zero-order valence-electron chi connectivity index (χ0n) is 14.8. The second-order valence-corrected chi connectivity index (χ2v) is 5.40. The van der Waals surface area contributed by atoms with E-state index in [0.29, 0.717) is 15.9 Å². The lowest BCUT2D eigenvalue weighted by molar-refractivity contribution is -0.619. The fourth-order valence-corrected chi connectivity index (χ4v) is 2.74. The number of benzene rings is 1. The van der Waals surface area contributed by atoms with E-state index in [0.717, 1.165) is 0 Å². The standard InChI is InChI=1S/C19H21NO5/c1-5-24-18(21)15-12(3)20(23)13(4)16(19(22)25-6-2)17(15)14-10-8-7-9-11-14/h7-11H,5-6H2,1-4H3. The summed E-state index contributed by atoms with van der Waals surface area (Å²) in [6.45, 7) is 6.76. The van der Waals surface area contributed by atoms with Crippen LogP contribution in [0.4, 0.5) is 0 Å². The quantitative estimate of drug-likeness (QED) is 0.474. The lowest BCUT2D eigenvalue weighted by atomic mass is 9.92. The van der Waals surface area contributed by atoms with Crippen molar-refractivity contribution in [1.82, 2.24) is 0 Å². The van der Waals surface area contributed by atoms with Crippen molar-refractivity contribution in [2.45, 2.75) is 27.7 Å². The molecule has 0 saturated heterocycles. The average Bonchev–Trinajstić information content (AvgIpc) is 2.60. The summed E-state index contributed by atoms with van der Waals surface area (Å²) in [5.74, 6) is -1.29. The Bertz CT molecular complexity index is 754. The van der Waals surface area contributed by atoms with Crippen molar-refractivity contribution >= 4 is 11.9 Å². The molecular formula is C19H21NO5. The van der Waals surface area contributed by atoms with Crippen LogP contribution >= 0.6 is 0 Å². The van der Waals surface area contributed by atoms with Gasteiger partial charge in [0.05, 0.1) is 13.2 Å². The highest BCUT2D eigenvalue weighted by Crippen LogP contribution is 2.31. The van der Waals surface area contributed by atoms with Gasteiger partial charge < -0.3 is 14.7 Å². The van der Waals surface area contributed by atoms with Crippen molar-refractivity contribution in [3.8, 4) is 11.1 Å². The maximum absolute atomic E-state index is 12.5. The van der Waals surface area contributed by atoms with Gasteiger partial charge in [-0.15, -0.1) is 0 Å². The van der Waals surface area contributed by atoms with E-state index >= 15 is 0 Å². The Morgan fingerprint density at radius 3 is 1.76 bits per heavy atom. The van der Waals surface area contributed by atoms with Crippen molar-refractivity contribution in [2.24, 2.45) is 0 Å². The predicted molar refractivity (Wildman–Crippen MR) is 92.2 cm³/mol. The normalized spacial score (nSPS) is 10.4. The van der Waals surface area contributed by atoms with Gasteiger partial charge in [0.25, 0.3) is 0 Å². The van der Waals surface area contributed by atoms with E-state index in [2.05, 4.69) is 0 Å². The fourth-order valence-electron chi connectivity index (χ4n) is 2.74. The molecule has 0 aliphatic heterocycles. The highest BCUT2D eigenvalue weighted by molar-refractivity contribution is 6.06. The maximum Gasteiger partial charge on any atom is 0.345 e. The Hall–Kier alpha value is -2.89. The van der Waals surface area contributed by atoms with Gasteiger partial charge in [0.15, 0.2) is 0 Å². The Morgan fingerprint density at radius 1 is 0.920 bits per heavy atom. The van der Waals surface area contributed by atoms with Crippen molar-refractivity contribution in [2.75, 3.05) is 13.2 Å². The Morgan fingerprint density at radius 2 is 1.36 bits per heavy atom. The van der Waals surface area contributed by atoms with Crippen LogP contribution in [0.25, 0.3) is 11.1 Å². The van der Waals surface area contributed by atoms with Gasteiger partial charge in [-0.2, -0.15) is 4.73 Å². The third-order valence-electron chi connectivity index (χ3n) is 3.85. The van der Waals surface area contributed by atoms with E-state index in [9.17, 15) is 14.8 Å². The van der Waals surface area contributed by atoms with Gasteiger partial charge in [0, 0.05) is 19.4 Å². The van der Waals surface area contributed by atoms with Crippen LogP contribution in [-0.2, 0) is 9.47 Å². The topological polar surface area (TPSA) is 79.5 Å². The number of pyridine rings is 1. The SMILES string of the molecule is CCOC(=O)c1c(-c2ccccc2)c(C(=O)OCC)c(C)[n+]([O-])c1C. The summed E-state index contributed by atoms with van der Waals surface area (Å²) in [4.78, 5) is 25.1. The van der Waals surface area contributed by atoms with E-state index < -0.39 is 11.9 Å². The highest BCUT2D eigenvalue weighted by Gasteiger charge is 2.33. The molecule has 25 heavy (non-hydrogen) atoms. The van der Waals surface area contributed by atoms with Crippen LogP contribution in [0.1, 0.15) is 46.0 Å². The Balaban J connectivity index is 2.91. The van der Waals surface area contributed by atoms with Crippen LogP contribution in [0, 0.1) is 19.1 Å². The van der Waals surface area contributed by atoms with Crippen LogP contribution in [0.2, 0.25) is 0 Å². The van der Waals surface area contributed by atoms with Crippen molar-refractivity contribution in [3.63, 3.8) is 0 Å². The van der Waals surface area contributed by atoms with Gasteiger partial charge in [0.2, 0.25) is 11.4 Å². The molecule has 6 heteroatoms. The average molecular weight is 343 g/mol. The lowest BCUT2D eigenvalue weighted by Gasteiger charge is -2.18. The molecule has 0 fully saturated rings. The third-order valence-corrected chi connectivity index (χ3v) is 3.85. The number of carbonyl (C=O) groups excluding carboxylic acids is 2. The minimum Gasteiger partial charge on any atom is -0.618 e. The minimum atomic E-state index is -0.644. The molecule has 2 aromatic rings. The van der Waals surface area contributed by atoms with Gasteiger partial charge >= 0.3 is 11.9 Å². The number of esters is 2. The smallest absolute Gasteiger partial charge is 0.345 e. The molecule has 6 nitrogen and oxygen atoms in total. The first kappa shape index (κ1) is 18.4. The van der Waals surface area contributed by atoms with E-state index in [1.165, 1.54) is 13.8 Å². The third kappa shape index (κ3) is 3.47. The minimum absolute atomic E-state index is 0.0803. The first-order valence-electron chi connectivity index (χ1n) is 8.10. The molecule has 2 rings (SSSR count). The van der Waals surface area contributed by atoms with Crippen LogP contribution in [0.3, 0.4) is 0 Å². The summed E-state index contributed by atoms with van der Waals surface area (Å²) >= 11 is 0. The zero-order valence-corrected chi connectivity index (χ0v) is 14.8. The molecule has 1 heterocycles. The summed E-state index contributed by atoms with van der Waals surface area (Å²) in [6, 6.07) is 8.96. The summed E-state index contributed by atoms with van der Waals surface area (Å²) in [7, 11) is 0. The second-order valence-electron chi connectivity index (χ2n) is 5.40. The molecule has 0 aliphatic carbocycles. The lowest BCUT2D eigenvalue weighted by Crippen LogP contribution is -2.39. The van der Waals surface area contributed by atoms with Crippen LogP contribution in [-0.4, -0.2) is 25.2 Å². The Kier molecular flexibility index (Phi) is 5.75. The molecule has 0 amide bonds. The molecule has 0 N–H and O–H groups in total. The first-order chi connectivity index (χ1) is 11.9. The van der Waals surface area contributed by atoms with Crippen LogP contribution < -0.4 is 4.73 Å². The fraction of sp³-hybridized carbons (Fsp3) is 0.316. The summed E-state index contributed by atoms with van der Waals surface area (Å²) < 4.78 is 10.8. The summed E-state index contributed by atoms with van der Waals surface area (Å²) in [6.07, 6.45) is 0. The van der Waals surface area contributed by atoms with Gasteiger partial charge in [-0.3, -0.25) is 0 Å². The molecule has 0 saturated carbocycles. The van der Waals surface area contributed by atoms with E-state index in [-0.39, 0.29) is 35.7 Å². The molecular weight excluding hydrogens is 322 g/mol. The maximum atomic E-state index is 12.5. The highest BCUT2D eigenvalue weighted by atomic mass is 16.5. The zero-order chi connectivity index (χ0) is 18.6. The number of hydrogen-bond acceptors (Lipinski definition) is 5. The second kappa shape index (κ2) is 7.79. The van der Waals surface area contributed by atoms with Gasteiger partial charge in [-0.25, -0.2) is 9.59 Å². The molecule has 1 aromatic heterocycles. The number of ether oxygens (including phenoxy) is 2. The van der Waals surface area contributed by atoms with Gasteiger partial charge in [-0.05, 0) is 19.4 Å². The molecule has 0 atom stereocenters. The molecule has 0 unspecified atom stereocenters. The largest absolute Gasteiger partial charge is 0.618 e. The van der Waals surface area contributed by atoms with Gasteiger partial charge in [0.1, 0.15) is 11.1 Å². The number of carbonyl (C=O) groups is 2. The number of nitrogens with zero attached hydrogens (tertiary/aromatic N) is 1. The first-order valence-corrected chi connectivity index (χ1v) is 8.10. The molecule has 0 radical (unpaired) electrons. The van der Waals surface area contributed by atoms with Gasteiger partial charge in [-0.1, -0.05) is 30.3 Å². The molecule has 0 aliphatic rings. The summed E-state index contributed by atoms with van der Waals surface area (Å²) in [5, 5.41) is 12.5. The van der Waals surface area contributed by atoms with E-state index in [1.807, 2.05) is 6.07 Å². The predicted octanol–water partition coefficient (Wildman–Crippen LogP) is 2.96. The summed E-state index contributed by atoms with van der Waals surface area (Å²) in [5.41, 5.74) is 1.53. The van der Waals surface area contributed by atoms with Crippen molar-refractivity contribution in [1.29, 1.82) is 0 Å². The van der Waals surface area contributed by atoms with Crippen LogP contribution in [0.5, 0.6) is 0 Å². The monoisotopic (exact) mass is 343 g/mol. The van der Waals surface area contributed by atoms with E-state index in [4.69, 9.17) is 9.47 Å². The number of rotatable bonds is 5. The molecule has 0 spiro atoms. The Labute approximate surface area is 146 Å². The van der Waals surface area contributed by atoms with Crippen molar-refractivity contribution < 1.29 is 23.8 Å².